The molecule has 0 radical (unpaired) electrons. The minimum atomic E-state index is -0.337. The van der Waals surface area contributed by atoms with Crippen molar-refractivity contribution >= 4 is 84.3 Å². The molecule has 1 heterocycles. The highest BCUT2D eigenvalue weighted by Crippen LogP contribution is 2.37. The van der Waals surface area contributed by atoms with Crippen molar-refractivity contribution in [2.24, 2.45) is 0 Å². The van der Waals surface area contributed by atoms with Crippen molar-refractivity contribution in [1.82, 2.24) is 5.32 Å². The Balaban J connectivity index is 1.40. The Labute approximate surface area is 186 Å². The summed E-state index contributed by atoms with van der Waals surface area (Å²) in [6, 6.07) is 15.8. The van der Waals surface area contributed by atoms with Gasteiger partial charge in [0, 0.05) is 26.2 Å². The van der Waals surface area contributed by atoms with Gasteiger partial charge in [-0.1, -0.05) is 53.5 Å². The second kappa shape index (κ2) is 7.26. The van der Waals surface area contributed by atoms with Crippen LogP contribution in [-0.2, 0) is 12.8 Å². The van der Waals surface area contributed by atoms with E-state index in [4.69, 9.17) is 35.4 Å². The third-order valence-electron chi connectivity index (χ3n) is 5.15. The number of carbonyl (C=O) groups excluding carboxylic acids is 1. The third-order valence-corrected chi connectivity index (χ3v) is 7.25. The van der Waals surface area contributed by atoms with Crippen LogP contribution in [0, 0.1) is 0 Å². The van der Waals surface area contributed by atoms with Crippen LogP contribution in [0.3, 0.4) is 0 Å². The molecule has 144 valence electrons. The SMILES string of the molecule is O=C(NC(=S)Nc1ccc2c3c(cccc13)CC2)c1sc2cc(Cl)ccc2c1Cl. The minimum absolute atomic E-state index is 0.236. The summed E-state index contributed by atoms with van der Waals surface area (Å²) in [6.45, 7) is 0. The van der Waals surface area contributed by atoms with Crippen molar-refractivity contribution in [3.8, 4) is 0 Å². The van der Waals surface area contributed by atoms with Gasteiger partial charge < -0.3 is 5.32 Å². The van der Waals surface area contributed by atoms with Gasteiger partial charge in [0.2, 0.25) is 0 Å². The van der Waals surface area contributed by atoms with E-state index in [1.165, 1.54) is 27.8 Å². The molecule has 0 fully saturated rings. The first-order valence-electron chi connectivity index (χ1n) is 9.04. The van der Waals surface area contributed by atoms with Crippen molar-refractivity contribution < 1.29 is 4.79 Å². The van der Waals surface area contributed by atoms with Crippen molar-refractivity contribution in [3.05, 3.63) is 74.6 Å². The second-order valence-electron chi connectivity index (χ2n) is 6.91. The summed E-state index contributed by atoms with van der Waals surface area (Å²) < 4.78 is 0.860. The first-order valence-corrected chi connectivity index (χ1v) is 11.0. The number of halogens is 2. The summed E-state index contributed by atoms with van der Waals surface area (Å²) in [5, 5.41) is 10.4. The van der Waals surface area contributed by atoms with Gasteiger partial charge in [-0.25, -0.2) is 0 Å². The van der Waals surface area contributed by atoms with E-state index in [0.29, 0.717) is 14.9 Å². The largest absolute Gasteiger partial charge is 0.332 e. The van der Waals surface area contributed by atoms with Crippen LogP contribution in [-0.4, -0.2) is 11.0 Å². The zero-order chi connectivity index (χ0) is 20.1. The van der Waals surface area contributed by atoms with E-state index in [1.54, 1.807) is 12.1 Å². The number of nitrogens with one attached hydrogen (secondary N) is 2. The first-order chi connectivity index (χ1) is 14.0. The molecule has 0 spiro atoms. The lowest BCUT2D eigenvalue weighted by Crippen LogP contribution is -2.33. The number of benzene rings is 3. The maximum absolute atomic E-state index is 12.8. The van der Waals surface area contributed by atoms with Gasteiger partial charge in [-0.05, 0) is 59.8 Å². The van der Waals surface area contributed by atoms with Gasteiger partial charge in [0.1, 0.15) is 4.88 Å². The van der Waals surface area contributed by atoms with Gasteiger partial charge in [-0.15, -0.1) is 11.3 Å². The Morgan fingerprint density at radius 2 is 1.79 bits per heavy atom. The van der Waals surface area contributed by atoms with Crippen molar-refractivity contribution in [1.29, 1.82) is 0 Å². The van der Waals surface area contributed by atoms with E-state index >= 15 is 0 Å². The van der Waals surface area contributed by atoms with Crippen molar-refractivity contribution in [2.75, 3.05) is 5.32 Å². The molecule has 3 aromatic carbocycles. The number of anilines is 1. The van der Waals surface area contributed by atoms with Crippen LogP contribution in [0.2, 0.25) is 10.0 Å². The first kappa shape index (κ1) is 18.8. The van der Waals surface area contributed by atoms with Gasteiger partial charge in [-0.2, -0.15) is 0 Å². The predicted octanol–water partition coefficient (Wildman–Crippen LogP) is 6.59. The third kappa shape index (κ3) is 3.28. The van der Waals surface area contributed by atoms with E-state index in [2.05, 4.69) is 34.9 Å². The lowest BCUT2D eigenvalue weighted by Gasteiger charge is -2.13. The number of fused-ring (bicyclic) bond motifs is 1. The monoisotopic (exact) mass is 456 g/mol. The Bertz CT molecular complexity index is 1320. The lowest BCUT2D eigenvalue weighted by molar-refractivity contribution is 0.0982. The molecule has 1 aromatic heterocycles. The maximum atomic E-state index is 12.8. The number of rotatable bonds is 2. The van der Waals surface area contributed by atoms with E-state index in [9.17, 15) is 4.79 Å². The molecule has 0 saturated carbocycles. The molecule has 0 bridgehead atoms. The summed E-state index contributed by atoms with van der Waals surface area (Å²) >= 11 is 19.1. The molecule has 29 heavy (non-hydrogen) atoms. The molecule has 3 nitrogen and oxygen atoms in total. The number of amides is 1. The fourth-order valence-electron chi connectivity index (χ4n) is 3.85. The number of aryl methyl sites for hydroxylation is 2. The summed E-state index contributed by atoms with van der Waals surface area (Å²) in [5.74, 6) is -0.337. The molecule has 1 amide bonds. The Morgan fingerprint density at radius 1 is 1.00 bits per heavy atom. The minimum Gasteiger partial charge on any atom is -0.332 e. The summed E-state index contributed by atoms with van der Waals surface area (Å²) in [7, 11) is 0. The van der Waals surface area contributed by atoms with Gasteiger partial charge in [0.15, 0.2) is 5.11 Å². The highest BCUT2D eigenvalue weighted by atomic mass is 35.5. The molecule has 2 N–H and O–H groups in total. The van der Waals surface area contributed by atoms with Crippen molar-refractivity contribution in [2.45, 2.75) is 12.8 Å². The number of hydrogen-bond donors (Lipinski definition) is 2. The van der Waals surface area contributed by atoms with E-state index in [-0.39, 0.29) is 11.0 Å². The molecule has 5 rings (SSSR count). The normalized spacial score (nSPS) is 12.5. The van der Waals surface area contributed by atoms with Crippen LogP contribution in [0.4, 0.5) is 5.69 Å². The van der Waals surface area contributed by atoms with Crippen LogP contribution >= 0.6 is 46.8 Å². The predicted molar refractivity (Wildman–Crippen MR) is 127 cm³/mol. The molecule has 1 aliphatic carbocycles. The summed E-state index contributed by atoms with van der Waals surface area (Å²) in [6.07, 6.45) is 2.12. The van der Waals surface area contributed by atoms with Gasteiger partial charge in [-0.3, -0.25) is 10.1 Å². The van der Waals surface area contributed by atoms with Gasteiger partial charge in [0.25, 0.3) is 5.91 Å². The fourth-order valence-corrected chi connectivity index (χ4v) is 5.75. The second-order valence-corrected chi connectivity index (χ2v) is 9.18. The zero-order valence-corrected chi connectivity index (χ0v) is 18.2. The van der Waals surface area contributed by atoms with Crippen LogP contribution in [0.25, 0.3) is 20.9 Å². The summed E-state index contributed by atoms with van der Waals surface area (Å²) in [4.78, 5) is 13.2. The standard InChI is InChI=1S/C22H14Cl2N2OS2/c23-13-7-8-15-17(10-13)29-20(19(15)24)21(27)26-22(28)25-16-9-6-12-5-4-11-2-1-3-14(16)18(11)12/h1-3,6-10H,4-5H2,(H2,25,26,27,28). The smallest absolute Gasteiger partial charge is 0.269 e. The molecule has 4 aromatic rings. The van der Waals surface area contributed by atoms with Crippen LogP contribution < -0.4 is 10.6 Å². The lowest BCUT2D eigenvalue weighted by atomic mass is 10.0. The van der Waals surface area contributed by atoms with Gasteiger partial charge in [0.05, 0.1) is 5.02 Å². The number of thiocarbonyl (C=S) groups is 1. The van der Waals surface area contributed by atoms with Crippen LogP contribution in [0.1, 0.15) is 20.8 Å². The summed E-state index contributed by atoms with van der Waals surface area (Å²) in [5.41, 5.74) is 3.59. The number of thiophene rings is 1. The van der Waals surface area contributed by atoms with Crippen LogP contribution in [0.15, 0.2) is 48.5 Å². The molecular formula is C22H14Cl2N2OS2. The highest BCUT2D eigenvalue weighted by Gasteiger charge is 2.20. The molecule has 0 atom stereocenters. The zero-order valence-electron chi connectivity index (χ0n) is 15.0. The molecule has 0 unspecified atom stereocenters. The molecular weight excluding hydrogens is 443 g/mol. The Morgan fingerprint density at radius 3 is 2.62 bits per heavy atom. The molecule has 1 aliphatic rings. The average molecular weight is 457 g/mol. The van der Waals surface area contributed by atoms with Crippen molar-refractivity contribution in [3.63, 3.8) is 0 Å². The quantitative estimate of drug-likeness (QED) is 0.334. The Hall–Kier alpha value is -2.18. The average Bonchev–Trinajstić information content (AvgIpc) is 3.26. The maximum Gasteiger partial charge on any atom is 0.269 e. The molecule has 0 saturated heterocycles. The van der Waals surface area contributed by atoms with E-state index in [0.717, 1.165) is 34.0 Å². The topological polar surface area (TPSA) is 41.1 Å². The van der Waals surface area contributed by atoms with E-state index < -0.39 is 0 Å². The Kier molecular flexibility index (Phi) is 4.71. The van der Waals surface area contributed by atoms with E-state index in [1.807, 2.05) is 12.1 Å². The van der Waals surface area contributed by atoms with Crippen LogP contribution in [0.5, 0.6) is 0 Å². The molecule has 7 heteroatoms. The fraction of sp³-hybridized carbons (Fsp3) is 0.0909. The number of carbonyl (C=O) groups is 1. The number of hydrogen-bond acceptors (Lipinski definition) is 3. The highest BCUT2D eigenvalue weighted by molar-refractivity contribution is 7.80. The molecule has 0 aliphatic heterocycles. The van der Waals surface area contributed by atoms with Gasteiger partial charge >= 0.3 is 0 Å².